The molecule has 0 aliphatic rings. The molecule has 3 amide bonds. The van der Waals surface area contributed by atoms with Gasteiger partial charge in [0.05, 0.1) is 0 Å². The average molecular weight is 243 g/mol. The molecule has 0 radical (unpaired) electrons. The summed E-state index contributed by atoms with van der Waals surface area (Å²) in [5.41, 5.74) is 0. The molecule has 0 aromatic rings. The second-order valence-corrected chi connectivity index (χ2v) is 4.61. The number of carbonyl (C=O) groups is 2. The molecule has 0 rings (SSSR count). The molecule has 1 unspecified atom stereocenters. The first-order valence-corrected chi connectivity index (χ1v) is 6.29. The number of unbranched alkanes of at least 4 members (excludes halogenated alkanes) is 1. The Morgan fingerprint density at radius 1 is 1.12 bits per heavy atom. The molecule has 1 atom stereocenters. The van der Waals surface area contributed by atoms with E-state index in [0.29, 0.717) is 19.0 Å². The highest BCUT2D eigenvalue weighted by molar-refractivity contribution is 5.86. The number of rotatable bonds is 7. The fourth-order valence-electron chi connectivity index (χ4n) is 1.15. The van der Waals surface area contributed by atoms with E-state index in [4.69, 9.17) is 0 Å². The monoisotopic (exact) mass is 243 g/mol. The lowest BCUT2D eigenvalue weighted by molar-refractivity contribution is -0.122. The van der Waals surface area contributed by atoms with Crippen molar-refractivity contribution in [3.8, 4) is 0 Å². The summed E-state index contributed by atoms with van der Waals surface area (Å²) < 4.78 is 0. The molecule has 0 spiro atoms. The number of nitrogens with one attached hydrogen (secondary N) is 3. The van der Waals surface area contributed by atoms with E-state index in [1.807, 2.05) is 13.8 Å². The second kappa shape index (κ2) is 8.84. The molecule has 0 aliphatic heterocycles. The van der Waals surface area contributed by atoms with Gasteiger partial charge < -0.3 is 16.0 Å². The van der Waals surface area contributed by atoms with Crippen LogP contribution in [0.1, 0.15) is 40.5 Å². The molecular formula is C12H25N3O2. The van der Waals surface area contributed by atoms with E-state index in [-0.39, 0.29) is 11.9 Å². The van der Waals surface area contributed by atoms with Crippen molar-refractivity contribution in [3.05, 3.63) is 0 Å². The normalized spacial score (nSPS) is 12.1. The quantitative estimate of drug-likeness (QED) is 0.589. The van der Waals surface area contributed by atoms with E-state index >= 15 is 0 Å². The predicted molar refractivity (Wildman–Crippen MR) is 68.8 cm³/mol. The fourth-order valence-corrected chi connectivity index (χ4v) is 1.15. The summed E-state index contributed by atoms with van der Waals surface area (Å²) in [5.74, 6) is 0.258. The smallest absolute Gasteiger partial charge is 0.315 e. The van der Waals surface area contributed by atoms with Gasteiger partial charge in [0.2, 0.25) is 5.91 Å². The van der Waals surface area contributed by atoms with Gasteiger partial charge in [-0.05, 0) is 19.3 Å². The highest BCUT2D eigenvalue weighted by Crippen LogP contribution is 1.89. The van der Waals surface area contributed by atoms with Crippen LogP contribution in [0.4, 0.5) is 4.79 Å². The lowest BCUT2D eigenvalue weighted by Gasteiger charge is -2.15. The van der Waals surface area contributed by atoms with Crippen molar-refractivity contribution in [2.75, 3.05) is 13.1 Å². The van der Waals surface area contributed by atoms with Crippen LogP contribution in [0.5, 0.6) is 0 Å². The molecule has 0 bridgehead atoms. The maximum absolute atomic E-state index is 11.6. The molecule has 5 nitrogen and oxygen atoms in total. The summed E-state index contributed by atoms with van der Waals surface area (Å²) >= 11 is 0. The Bertz CT molecular complexity index is 242. The van der Waals surface area contributed by atoms with Crippen LogP contribution in [0.15, 0.2) is 0 Å². The number of urea groups is 1. The van der Waals surface area contributed by atoms with Crippen LogP contribution in [-0.2, 0) is 4.79 Å². The van der Waals surface area contributed by atoms with E-state index in [0.717, 1.165) is 12.8 Å². The molecule has 0 aromatic heterocycles. The SMILES string of the molecule is CCCCNC(=O)NC(C)C(=O)NCC(C)C. The van der Waals surface area contributed by atoms with Crippen molar-refractivity contribution in [1.29, 1.82) is 0 Å². The highest BCUT2D eigenvalue weighted by Gasteiger charge is 2.14. The first-order chi connectivity index (χ1) is 7.97. The zero-order valence-electron chi connectivity index (χ0n) is 11.3. The largest absolute Gasteiger partial charge is 0.354 e. The van der Waals surface area contributed by atoms with E-state index in [9.17, 15) is 9.59 Å². The number of hydrogen-bond acceptors (Lipinski definition) is 2. The summed E-state index contributed by atoms with van der Waals surface area (Å²) in [5, 5.41) is 8.08. The average Bonchev–Trinajstić information content (AvgIpc) is 2.26. The number of amides is 3. The van der Waals surface area contributed by atoms with Gasteiger partial charge in [0.15, 0.2) is 0 Å². The van der Waals surface area contributed by atoms with E-state index < -0.39 is 6.04 Å². The van der Waals surface area contributed by atoms with Gasteiger partial charge in [-0.3, -0.25) is 4.79 Å². The zero-order valence-corrected chi connectivity index (χ0v) is 11.3. The Kier molecular flexibility index (Phi) is 8.19. The summed E-state index contributed by atoms with van der Waals surface area (Å²) in [4.78, 5) is 22.9. The molecule has 3 N–H and O–H groups in total. The van der Waals surface area contributed by atoms with Crippen molar-refractivity contribution in [2.24, 2.45) is 5.92 Å². The first kappa shape index (κ1) is 15.7. The highest BCUT2D eigenvalue weighted by atomic mass is 16.2. The van der Waals surface area contributed by atoms with Gasteiger partial charge in [0, 0.05) is 13.1 Å². The summed E-state index contributed by atoms with van der Waals surface area (Å²) in [6, 6.07) is -0.791. The Labute approximate surface area is 104 Å². The van der Waals surface area contributed by atoms with E-state index in [2.05, 4.69) is 22.9 Å². The van der Waals surface area contributed by atoms with Gasteiger partial charge in [0.1, 0.15) is 6.04 Å². The summed E-state index contributed by atoms with van der Waals surface area (Å²) in [6.07, 6.45) is 1.98. The van der Waals surface area contributed by atoms with Crippen LogP contribution in [0, 0.1) is 5.92 Å². The molecule has 17 heavy (non-hydrogen) atoms. The van der Waals surface area contributed by atoms with Crippen molar-refractivity contribution in [1.82, 2.24) is 16.0 Å². The maximum atomic E-state index is 11.6. The molecule has 0 saturated carbocycles. The topological polar surface area (TPSA) is 70.2 Å². The van der Waals surface area contributed by atoms with Gasteiger partial charge in [-0.15, -0.1) is 0 Å². The number of carbonyl (C=O) groups excluding carboxylic acids is 2. The standard InChI is InChI=1S/C12H25N3O2/c1-5-6-7-13-12(17)15-10(4)11(16)14-8-9(2)3/h9-10H,5-8H2,1-4H3,(H,14,16)(H2,13,15,17). The molecule has 0 aliphatic carbocycles. The minimum atomic E-state index is -0.504. The van der Waals surface area contributed by atoms with Gasteiger partial charge in [0.25, 0.3) is 0 Å². The molecule has 0 aromatic carbocycles. The van der Waals surface area contributed by atoms with Gasteiger partial charge in [-0.25, -0.2) is 4.79 Å². The maximum Gasteiger partial charge on any atom is 0.315 e. The Morgan fingerprint density at radius 3 is 2.29 bits per heavy atom. The number of hydrogen-bond donors (Lipinski definition) is 3. The van der Waals surface area contributed by atoms with Crippen LogP contribution in [0.25, 0.3) is 0 Å². The van der Waals surface area contributed by atoms with E-state index in [1.54, 1.807) is 6.92 Å². The summed E-state index contributed by atoms with van der Waals surface area (Å²) in [6.45, 7) is 9.05. The third-order valence-electron chi connectivity index (χ3n) is 2.24. The fraction of sp³-hybridized carbons (Fsp3) is 0.833. The second-order valence-electron chi connectivity index (χ2n) is 4.61. The van der Waals surface area contributed by atoms with Crippen molar-refractivity contribution in [3.63, 3.8) is 0 Å². The molecule has 5 heteroatoms. The minimum absolute atomic E-state index is 0.149. The van der Waals surface area contributed by atoms with Crippen molar-refractivity contribution < 1.29 is 9.59 Å². The lowest BCUT2D eigenvalue weighted by Crippen LogP contribution is -2.49. The predicted octanol–water partition coefficient (Wildman–Crippen LogP) is 1.25. The van der Waals surface area contributed by atoms with Crippen LogP contribution in [0.3, 0.4) is 0 Å². The van der Waals surface area contributed by atoms with Crippen LogP contribution in [0.2, 0.25) is 0 Å². The molecule has 0 heterocycles. The third kappa shape index (κ3) is 8.54. The molecule has 0 fully saturated rings. The Morgan fingerprint density at radius 2 is 1.76 bits per heavy atom. The van der Waals surface area contributed by atoms with Crippen molar-refractivity contribution >= 4 is 11.9 Å². The van der Waals surface area contributed by atoms with E-state index in [1.165, 1.54) is 0 Å². The van der Waals surface area contributed by atoms with Crippen molar-refractivity contribution in [2.45, 2.75) is 46.6 Å². The first-order valence-electron chi connectivity index (χ1n) is 6.29. The lowest BCUT2D eigenvalue weighted by atomic mass is 10.2. The molecule has 0 saturated heterocycles. The molecule has 100 valence electrons. The molecular weight excluding hydrogens is 218 g/mol. The third-order valence-corrected chi connectivity index (χ3v) is 2.24. The van der Waals surface area contributed by atoms with Crippen LogP contribution >= 0.6 is 0 Å². The zero-order chi connectivity index (χ0) is 13.3. The van der Waals surface area contributed by atoms with Gasteiger partial charge in [-0.2, -0.15) is 0 Å². The Hall–Kier alpha value is -1.26. The minimum Gasteiger partial charge on any atom is -0.354 e. The van der Waals surface area contributed by atoms with Gasteiger partial charge in [-0.1, -0.05) is 27.2 Å². The van der Waals surface area contributed by atoms with Crippen LogP contribution in [-0.4, -0.2) is 31.1 Å². The van der Waals surface area contributed by atoms with Crippen LogP contribution < -0.4 is 16.0 Å². The Balaban J connectivity index is 3.78. The summed E-state index contributed by atoms with van der Waals surface area (Å²) in [7, 11) is 0. The van der Waals surface area contributed by atoms with Gasteiger partial charge >= 0.3 is 6.03 Å².